The van der Waals surface area contributed by atoms with Crippen molar-refractivity contribution in [3.63, 3.8) is 0 Å². The van der Waals surface area contributed by atoms with Gasteiger partial charge in [0.1, 0.15) is 0 Å². The van der Waals surface area contributed by atoms with Gasteiger partial charge in [-0.3, -0.25) is 4.79 Å². The molecule has 0 rings (SSSR count). The lowest BCUT2D eigenvalue weighted by molar-refractivity contribution is -0.111. The zero-order chi connectivity index (χ0) is 7.49. The summed E-state index contributed by atoms with van der Waals surface area (Å²) in [5.41, 5.74) is 0. The van der Waals surface area contributed by atoms with Crippen LogP contribution < -0.4 is 0 Å². The Morgan fingerprint density at radius 3 is 2.00 bits per heavy atom. The minimum absolute atomic E-state index is 0.0230. The molecular formula is C3H4Cl2O3S. The molecule has 6 heteroatoms. The summed E-state index contributed by atoms with van der Waals surface area (Å²) < 4.78 is 20.2. The van der Waals surface area contributed by atoms with Crippen LogP contribution in [-0.4, -0.2) is 19.4 Å². The van der Waals surface area contributed by atoms with Crippen molar-refractivity contribution in [2.45, 2.75) is 6.42 Å². The van der Waals surface area contributed by atoms with Gasteiger partial charge in [-0.05, 0) is 0 Å². The lowest BCUT2D eigenvalue weighted by Crippen LogP contribution is -2.07. The Morgan fingerprint density at radius 2 is 1.89 bits per heavy atom. The summed E-state index contributed by atoms with van der Waals surface area (Å²) in [4.78, 5) is 10.3. The van der Waals surface area contributed by atoms with Crippen molar-refractivity contribution in [3.8, 4) is 0 Å². The van der Waals surface area contributed by atoms with Crippen molar-refractivity contribution in [1.29, 1.82) is 0 Å². The minimum Gasteiger partial charge on any atom is -0.280 e. The average molecular weight is 191 g/mol. The van der Waals surface area contributed by atoms with Gasteiger partial charge in [0, 0.05) is 23.0 Å². The molecule has 54 valence electrons. The van der Waals surface area contributed by atoms with Crippen LogP contribution in [0.15, 0.2) is 0 Å². The van der Waals surface area contributed by atoms with E-state index in [4.69, 9.17) is 11.6 Å². The molecule has 0 aliphatic rings. The first kappa shape index (κ1) is 9.20. The van der Waals surface area contributed by atoms with Gasteiger partial charge in [0.15, 0.2) is 0 Å². The lowest BCUT2D eigenvalue weighted by atomic mass is 10.6. The smallest absolute Gasteiger partial charge is 0.280 e. The molecule has 0 aliphatic heterocycles. The standard InChI is InChI=1S/C3H4Cl2O3S/c4-2-1-3(6)9(5,7)8/h1-2H2. The molecule has 0 spiro atoms. The first-order valence-corrected chi connectivity index (χ1v) is 4.86. The largest absolute Gasteiger partial charge is 0.295 e. The van der Waals surface area contributed by atoms with Gasteiger partial charge >= 0.3 is 0 Å². The Balaban J connectivity index is 4.08. The van der Waals surface area contributed by atoms with Crippen LogP contribution in [0.5, 0.6) is 0 Å². The Kier molecular flexibility index (Phi) is 3.46. The fraction of sp³-hybridized carbons (Fsp3) is 0.667. The van der Waals surface area contributed by atoms with E-state index in [1.807, 2.05) is 0 Å². The highest BCUT2D eigenvalue weighted by Crippen LogP contribution is 2.01. The van der Waals surface area contributed by atoms with E-state index >= 15 is 0 Å². The van der Waals surface area contributed by atoms with Gasteiger partial charge in [0.2, 0.25) is 0 Å². The molecule has 3 nitrogen and oxygen atoms in total. The monoisotopic (exact) mass is 190 g/mol. The maximum Gasteiger partial charge on any atom is 0.295 e. The second kappa shape index (κ2) is 3.39. The molecule has 0 heterocycles. The van der Waals surface area contributed by atoms with Gasteiger partial charge in [-0.25, -0.2) is 8.42 Å². The van der Waals surface area contributed by atoms with Crippen molar-refractivity contribution >= 4 is 36.4 Å². The molecule has 0 saturated heterocycles. The SMILES string of the molecule is O=C(CCCl)S(=O)(=O)Cl. The van der Waals surface area contributed by atoms with Crippen LogP contribution in [0.1, 0.15) is 6.42 Å². The summed E-state index contributed by atoms with van der Waals surface area (Å²) in [6.07, 6.45) is -0.229. The predicted molar refractivity (Wildman–Crippen MR) is 35.1 cm³/mol. The van der Waals surface area contributed by atoms with Crippen LogP contribution in [0.2, 0.25) is 0 Å². The third kappa shape index (κ3) is 3.72. The van der Waals surface area contributed by atoms with Gasteiger partial charge in [-0.15, -0.1) is 11.6 Å². The average Bonchev–Trinajstić information content (AvgIpc) is 1.64. The molecule has 0 aromatic heterocycles. The highest BCUT2D eigenvalue weighted by atomic mass is 35.7. The molecule has 0 amide bonds. The van der Waals surface area contributed by atoms with Gasteiger partial charge < -0.3 is 0 Å². The summed E-state index contributed by atoms with van der Waals surface area (Å²) in [5, 5.41) is -1.03. The number of hydrogen-bond donors (Lipinski definition) is 0. The van der Waals surface area contributed by atoms with E-state index in [1.165, 1.54) is 0 Å². The summed E-state index contributed by atoms with van der Waals surface area (Å²) in [6, 6.07) is 0. The maximum absolute atomic E-state index is 10.3. The van der Waals surface area contributed by atoms with Crippen LogP contribution in [0.3, 0.4) is 0 Å². The van der Waals surface area contributed by atoms with E-state index < -0.39 is 14.2 Å². The van der Waals surface area contributed by atoms with Crippen LogP contribution in [0.4, 0.5) is 0 Å². The molecule has 0 unspecified atom stereocenters. The fourth-order valence-electron chi connectivity index (χ4n) is 0.199. The van der Waals surface area contributed by atoms with Crippen LogP contribution >= 0.6 is 22.3 Å². The second-order valence-corrected chi connectivity index (χ2v) is 4.18. The zero-order valence-electron chi connectivity index (χ0n) is 4.30. The molecule has 0 N–H and O–H groups in total. The highest BCUT2D eigenvalue weighted by Gasteiger charge is 2.16. The number of alkyl halides is 1. The minimum atomic E-state index is -4.02. The van der Waals surface area contributed by atoms with Gasteiger partial charge in [-0.1, -0.05) is 0 Å². The van der Waals surface area contributed by atoms with Gasteiger partial charge in [-0.2, -0.15) is 0 Å². The number of carbonyl (C=O) groups is 1. The summed E-state index contributed by atoms with van der Waals surface area (Å²) in [7, 11) is 0.610. The molecule has 0 radical (unpaired) electrons. The van der Waals surface area contributed by atoms with Crippen molar-refractivity contribution < 1.29 is 13.2 Å². The number of carbonyl (C=O) groups excluding carboxylic acids is 1. The van der Waals surface area contributed by atoms with E-state index in [0.717, 1.165) is 0 Å². The van der Waals surface area contributed by atoms with Crippen molar-refractivity contribution in [2.75, 3.05) is 5.88 Å². The lowest BCUT2D eigenvalue weighted by Gasteiger charge is -1.87. The Hall–Kier alpha value is 0.200. The second-order valence-electron chi connectivity index (χ2n) is 1.25. The number of hydrogen-bond acceptors (Lipinski definition) is 3. The van der Waals surface area contributed by atoms with E-state index in [0.29, 0.717) is 0 Å². The van der Waals surface area contributed by atoms with E-state index in [-0.39, 0.29) is 12.3 Å². The predicted octanol–water partition coefficient (Wildman–Crippen LogP) is 0.711. The fourth-order valence-corrected chi connectivity index (χ4v) is 1.06. The molecule has 0 atom stereocenters. The summed E-state index contributed by atoms with van der Waals surface area (Å²) in [6.45, 7) is 0. The van der Waals surface area contributed by atoms with E-state index in [9.17, 15) is 13.2 Å². The van der Waals surface area contributed by atoms with Gasteiger partial charge in [0.25, 0.3) is 14.2 Å². The molecule has 9 heavy (non-hydrogen) atoms. The molecule has 0 bridgehead atoms. The first-order valence-electron chi connectivity index (χ1n) is 2.02. The first-order chi connectivity index (χ1) is 3.98. The topological polar surface area (TPSA) is 51.2 Å². The van der Waals surface area contributed by atoms with E-state index in [1.54, 1.807) is 0 Å². The summed E-state index contributed by atoms with van der Waals surface area (Å²) in [5.74, 6) is -0.0230. The molecule has 0 aromatic rings. The molecule has 0 fully saturated rings. The Bertz CT molecular complexity index is 195. The summed E-state index contributed by atoms with van der Waals surface area (Å²) >= 11 is 5.06. The normalized spacial score (nSPS) is 11.3. The number of halogens is 2. The van der Waals surface area contributed by atoms with Crippen LogP contribution in [-0.2, 0) is 13.8 Å². The van der Waals surface area contributed by atoms with Crippen LogP contribution in [0, 0.1) is 0 Å². The molecule has 0 aromatic carbocycles. The van der Waals surface area contributed by atoms with Crippen LogP contribution in [0.25, 0.3) is 0 Å². The molecular weight excluding hydrogens is 187 g/mol. The highest BCUT2D eigenvalue weighted by molar-refractivity contribution is 8.25. The Labute approximate surface area is 62.4 Å². The third-order valence-electron chi connectivity index (χ3n) is 0.571. The third-order valence-corrected chi connectivity index (χ3v) is 2.02. The van der Waals surface area contributed by atoms with E-state index in [2.05, 4.69) is 10.7 Å². The zero-order valence-corrected chi connectivity index (χ0v) is 6.63. The quantitative estimate of drug-likeness (QED) is 0.477. The van der Waals surface area contributed by atoms with Gasteiger partial charge in [0.05, 0.1) is 0 Å². The molecule has 0 aliphatic carbocycles. The van der Waals surface area contributed by atoms with Crippen molar-refractivity contribution in [3.05, 3.63) is 0 Å². The maximum atomic E-state index is 10.3. The molecule has 0 saturated carbocycles. The van der Waals surface area contributed by atoms with Crippen molar-refractivity contribution in [2.24, 2.45) is 0 Å². The Morgan fingerprint density at radius 1 is 1.44 bits per heavy atom. The van der Waals surface area contributed by atoms with Crippen molar-refractivity contribution in [1.82, 2.24) is 0 Å². The number of rotatable bonds is 2.